The summed E-state index contributed by atoms with van der Waals surface area (Å²) in [5.41, 5.74) is 1.81. The second kappa shape index (κ2) is 10.1. The van der Waals surface area contributed by atoms with Gasteiger partial charge < -0.3 is 20.0 Å². The fraction of sp³-hybridized carbons (Fsp3) is 0.455. The molecule has 1 aromatic heterocycles. The van der Waals surface area contributed by atoms with Crippen molar-refractivity contribution in [3.8, 4) is 0 Å². The molecule has 1 aliphatic heterocycles. The van der Waals surface area contributed by atoms with E-state index >= 15 is 0 Å². The van der Waals surface area contributed by atoms with Crippen LogP contribution in [-0.2, 0) is 11.2 Å². The van der Waals surface area contributed by atoms with E-state index in [0.717, 1.165) is 49.4 Å². The molecule has 1 aromatic carbocycles. The van der Waals surface area contributed by atoms with Gasteiger partial charge in [0.2, 0.25) is 5.91 Å². The normalized spacial score (nSPS) is 14.8. The van der Waals surface area contributed by atoms with Gasteiger partial charge in [0, 0.05) is 31.7 Å². The maximum Gasteiger partial charge on any atom is 0.319 e. The summed E-state index contributed by atoms with van der Waals surface area (Å²) in [6, 6.07) is 11.1. The largest absolute Gasteiger partial charge is 0.468 e. The molecule has 2 aromatic rings. The van der Waals surface area contributed by atoms with Gasteiger partial charge >= 0.3 is 6.03 Å². The molecular weight excluding hydrogens is 368 g/mol. The highest BCUT2D eigenvalue weighted by Gasteiger charge is 2.18. The predicted molar refractivity (Wildman–Crippen MR) is 113 cm³/mol. The number of likely N-dealkylation sites (N-methyl/N-ethyl adjacent to an activating group) is 1. The molecule has 2 heterocycles. The highest BCUT2D eigenvalue weighted by Crippen LogP contribution is 2.18. The van der Waals surface area contributed by atoms with Gasteiger partial charge in [-0.25, -0.2) is 4.79 Å². The van der Waals surface area contributed by atoms with Crippen LogP contribution in [0.4, 0.5) is 10.5 Å². The third-order valence-electron chi connectivity index (χ3n) is 5.25. The van der Waals surface area contributed by atoms with Crippen LogP contribution < -0.4 is 10.6 Å². The fourth-order valence-electron chi connectivity index (χ4n) is 3.51. The van der Waals surface area contributed by atoms with Crippen molar-refractivity contribution in [2.24, 2.45) is 0 Å². The molecule has 0 radical (unpaired) electrons. The van der Waals surface area contributed by atoms with Crippen LogP contribution in [0.25, 0.3) is 0 Å². The molecule has 0 bridgehead atoms. The summed E-state index contributed by atoms with van der Waals surface area (Å²) in [6.07, 6.45) is 5.11. The molecule has 0 aliphatic carbocycles. The maximum atomic E-state index is 12.2. The van der Waals surface area contributed by atoms with Crippen molar-refractivity contribution in [1.29, 1.82) is 0 Å². The number of aryl methyl sites for hydroxylation is 1. The van der Waals surface area contributed by atoms with Crippen molar-refractivity contribution in [3.63, 3.8) is 0 Å². The van der Waals surface area contributed by atoms with Crippen LogP contribution in [0.5, 0.6) is 0 Å². The van der Waals surface area contributed by atoms with Gasteiger partial charge in [0.1, 0.15) is 5.76 Å². The number of rotatable bonds is 8. The van der Waals surface area contributed by atoms with Crippen LogP contribution in [0, 0.1) is 0 Å². The van der Waals surface area contributed by atoms with Crippen molar-refractivity contribution in [2.45, 2.75) is 31.7 Å². The van der Waals surface area contributed by atoms with E-state index in [9.17, 15) is 9.59 Å². The Hall–Kier alpha value is -2.80. The number of likely N-dealkylation sites (tertiary alicyclic amines) is 1. The Bertz CT molecular complexity index is 781. The summed E-state index contributed by atoms with van der Waals surface area (Å²) in [5.74, 6) is 1.04. The van der Waals surface area contributed by atoms with Gasteiger partial charge in [-0.1, -0.05) is 12.1 Å². The zero-order chi connectivity index (χ0) is 20.6. The van der Waals surface area contributed by atoms with Gasteiger partial charge in [-0.05, 0) is 63.2 Å². The van der Waals surface area contributed by atoms with E-state index in [2.05, 4.69) is 10.6 Å². The van der Waals surface area contributed by atoms with Crippen molar-refractivity contribution < 1.29 is 14.0 Å². The Labute approximate surface area is 172 Å². The number of benzene rings is 1. The standard InChI is InChI=1S/C22H30N4O3/c1-25(2)19(20-6-5-15-29-20)16-23-22(28)24-18-10-7-17(8-11-18)9-12-21(27)26-13-3-4-14-26/h5-8,10-11,15,19H,3-4,9,12-14,16H2,1-2H3,(H2,23,24,28). The van der Waals surface area contributed by atoms with Crippen LogP contribution in [0.2, 0.25) is 0 Å². The lowest BCUT2D eigenvalue weighted by Gasteiger charge is -2.22. The lowest BCUT2D eigenvalue weighted by Crippen LogP contribution is -2.36. The van der Waals surface area contributed by atoms with Crippen molar-refractivity contribution in [1.82, 2.24) is 15.1 Å². The first kappa shape index (κ1) is 20.9. The average molecular weight is 399 g/mol. The van der Waals surface area contributed by atoms with Gasteiger partial charge in [0.05, 0.1) is 12.3 Å². The smallest absolute Gasteiger partial charge is 0.319 e. The summed E-state index contributed by atoms with van der Waals surface area (Å²) in [7, 11) is 3.89. The van der Waals surface area contributed by atoms with E-state index in [4.69, 9.17) is 4.42 Å². The second-order valence-electron chi connectivity index (χ2n) is 7.61. The zero-order valence-electron chi connectivity index (χ0n) is 17.2. The average Bonchev–Trinajstić information content (AvgIpc) is 3.41. The molecule has 1 aliphatic rings. The van der Waals surface area contributed by atoms with E-state index in [1.165, 1.54) is 0 Å². The molecule has 7 heteroatoms. The molecule has 156 valence electrons. The first-order valence-electron chi connectivity index (χ1n) is 10.1. The SMILES string of the molecule is CN(C)C(CNC(=O)Nc1ccc(CCC(=O)N2CCCC2)cc1)c1ccco1. The second-order valence-corrected chi connectivity index (χ2v) is 7.61. The maximum absolute atomic E-state index is 12.2. The highest BCUT2D eigenvalue weighted by atomic mass is 16.3. The van der Waals surface area contributed by atoms with Gasteiger partial charge in [0.15, 0.2) is 0 Å². The lowest BCUT2D eigenvalue weighted by atomic mass is 10.1. The van der Waals surface area contributed by atoms with Gasteiger partial charge in [-0.2, -0.15) is 0 Å². The Morgan fingerprint density at radius 1 is 1.14 bits per heavy atom. The molecule has 1 atom stereocenters. The number of anilines is 1. The van der Waals surface area contributed by atoms with Crippen LogP contribution in [0.15, 0.2) is 47.1 Å². The number of hydrogen-bond donors (Lipinski definition) is 2. The van der Waals surface area contributed by atoms with E-state index in [0.29, 0.717) is 13.0 Å². The number of nitrogens with zero attached hydrogens (tertiary/aromatic N) is 2. The lowest BCUT2D eigenvalue weighted by molar-refractivity contribution is -0.130. The molecule has 3 amide bonds. The van der Waals surface area contributed by atoms with Gasteiger partial charge in [-0.3, -0.25) is 9.69 Å². The van der Waals surface area contributed by atoms with Crippen molar-refractivity contribution in [2.75, 3.05) is 39.0 Å². The highest BCUT2D eigenvalue weighted by molar-refractivity contribution is 5.89. The van der Waals surface area contributed by atoms with Crippen LogP contribution in [0.3, 0.4) is 0 Å². The number of furan rings is 1. The monoisotopic (exact) mass is 398 g/mol. The number of carbonyl (C=O) groups excluding carboxylic acids is 2. The third-order valence-corrected chi connectivity index (χ3v) is 5.25. The van der Waals surface area contributed by atoms with Crippen molar-refractivity contribution >= 4 is 17.6 Å². The molecule has 7 nitrogen and oxygen atoms in total. The quantitative estimate of drug-likeness (QED) is 0.716. The number of urea groups is 1. The summed E-state index contributed by atoms with van der Waals surface area (Å²) in [5, 5.41) is 5.73. The minimum atomic E-state index is -0.264. The molecule has 1 saturated heterocycles. The van der Waals surface area contributed by atoms with Gasteiger partial charge in [0.25, 0.3) is 0 Å². The fourth-order valence-corrected chi connectivity index (χ4v) is 3.51. The Balaban J connectivity index is 1.44. The van der Waals surface area contributed by atoms with Gasteiger partial charge in [-0.15, -0.1) is 0 Å². The molecule has 1 fully saturated rings. The molecular formula is C22H30N4O3. The molecule has 29 heavy (non-hydrogen) atoms. The van der Waals surface area contributed by atoms with Crippen LogP contribution in [-0.4, -0.2) is 55.5 Å². The number of amides is 3. The summed E-state index contributed by atoms with van der Waals surface area (Å²) in [6.45, 7) is 2.22. The van der Waals surface area contributed by atoms with E-state index in [-0.39, 0.29) is 18.0 Å². The van der Waals surface area contributed by atoms with Crippen molar-refractivity contribution in [3.05, 3.63) is 54.0 Å². The minimum Gasteiger partial charge on any atom is -0.468 e. The van der Waals surface area contributed by atoms with Crippen LogP contribution >= 0.6 is 0 Å². The van der Waals surface area contributed by atoms with E-state index < -0.39 is 0 Å². The molecule has 0 saturated carbocycles. The van der Waals surface area contributed by atoms with E-state index in [1.54, 1.807) is 6.26 Å². The Morgan fingerprint density at radius 2 is 1.86 bits per heavy atom. The first-order valence-corrected chi connectivity index (χ1v) is 10.1. The summed E-state index contributed by atoms with van der Waals surface area (Å²) < 4.78 is 5.45. The molecule has 0 spiro atoms. The van der Waals surface area contributed by atoms with Crippen LogP contribution in [0.1, 0.15) is 36.6 Å². The summed E-state index contributed by atoms with van der Waals surface area (Å²) in [4.78, 5) is 28.3. The topological polar surface area (TPSA) is 77.8 Å². The Morgan fingerprint density at radius 3 is 2.48 bits per heavy atom. The number of carbonyl (C=O) groups is 2. The third kappa shape index (κ3) is 6.09. The minimum absolute atomic E-state index is 0.0359. The molecule has 3 rings (SSSR count). The summed E-state index contributed by atoms with van der Waals surface area (Å²) >= 11 is 0. The van der Waals surface area contributed by atoms with E-state index in [1.807, 2.05) is 60.3 Å². The number of hydrogen-bond acceptors (Lipinski definition) is 4. The first-order chi connectivity index (χ1) is 14.0. The number of nitrogens with one attached hydrogen (secondary N) is 2. The zero-order valence-corrected chi connectivity index (χ0v) is 17.2. The Kier molecular flexibility index (Phi) is 7.30. The molecule has 2 N–H and O–H groups in total. The molecule has 1 unspecified atom stereocenters. The predicted octanol–water partition coefficient (Wildman–Crippen LogP) is 3.26.